The summed E-state index contributed by atoms with van der Waals surface area (Å²) in [6.07, 6.45) is 1.86. The minimum Gasteiger partial charge on any atom is -0.458 e. The summed E-state index contributed by atoms with van der Waals surface area (Å²) in [5.74, 6) is -1.61. The number of hydrogen-bond acceptors (Lipinski definition) is 9. The lowest BCUT2D eigenvalue weighted by Gasteiger charge is -2.34. The monoisotopic (exact) mass is 509 g/mol. The third kappa shape index (κ3) is 6.98. The molecule has 2 saturated heterocycles. The number of fused-ring (bicyclic) bond motifs is 1. The molecule has 3 N–H and O–H groups in total. The maximum atomic E-state index is 13.2. The van der Waals surface area contributed by atoms with Crippen molar-refractivity contribution >= 4 is 29.2 Å². The van der Waals surface area contributed by atoms with Crippen molar-refractivity contribution in [2.45, 2.75) is 104 Å². The van der Waals surface area contributed by atoms with Crippen LogP contribution in [0.3, 0.4) is 0 Å². The van der Waals surface area contributed by atoms with E-state index >= 15 is 0 Å². The number of cyclic esters (lactones) is 1. The maximum absolute atomic E-state index is 13.2. The Bertz CT molecular complexity index is 927. The zero-order chi connectivity index (χ0) is 25.9. The van der Waals surface area contributed by atoms with E-state index in [1.807, 2.05) is 25.3 Å². The number of aliphatic hydroxyl groups excluding tert-OH is 3. The average molecular weight is 510 g/mol. The molecule has 0 bridgehead atoms. The van der Waals surface area contributed by atoms with Gasteiger partial charge in [-0.3, -0.25) is 9.59 Å². The van der Waals surface area contributed by atoms with Gasteiger partial charge >= 0.3 is 5.97 Å². The Balaban J connectivity index is 1.81. The number of nitrogens with zero attached hydrogens (tertiary/aromatic N) is 1. The molecule has 1 aromatic heterocycles. The van der Waals surface area contributed by atoms with Crippen LogP contribution in [0.25, 0.3) is 6.08 Å². The lowest BCUT2D eigenvalue weighted by atomic mass is 9.73. The number of ketones is 1. The molecule has 2 fully saturated rings. The van der Waals surface area contributed by atoms with E-state index in [0.717, 1.165) is 24.8 Å². The molecular weight excluding hydrogens is 470 g/mol. The summed E-state index contributed by atoms with van der Waals surface area (Å²) in [4.78, 5) is 30.4. The fraction of sp³-hybridized carbons (Fsp3) is 0.731. The highest BCUT2D eigenvalue weighted by Crippen LogP contribution is 2.36. The van der Waals surface area contributed by atoms with Crippen LogP contribution >= 0.6 is 11.3 Å². The summed E-state index contributed by atoms with van der Waals surface area (Å²) in [7, 11) is 0. The first kappa shape index (κ1) is 27.9. The highest BCUT2D eigenvalue weighted by molar-refractivity contribution is 7.09. The fourth-order valence-electron chi connectivity index (χ4n) is 4.80. The molecule has 35 heavy (non-hydrogen) atoms. The molecule has 1 aromatic rings. The number of ether oxygens (including phenoxy) is 2. The zero-order valence-electron chi connectivity index (χ0n) is 21.3. The number of Topliss-reactive ketones (excluding diaryl/α,β-unsaturated/α-hetero) is 1. The number of carbonyl (C=O) groups is 2. The van der Waals surface area contributed by atoms with E-state index in [0.29, 0.717) is 17.1 Å². The molecule has 0 spiro atoms. The van der Waals surface area contributed by atoms with Gasteiger partial charge in [0.2, 0.25) is 0 Å². The third-order valence-corrected chi connectivity index (χ3v) is 8.33. The van der Waals surface area contributed by atoms with E-state index in [9.17, 15) is 24.9 Å². The molecule has 3 unspecified atom stereocenters. The van der Waals surface area contributed by atoms with Gasteiger partial charge in [-0.1, -0.05) is 34.1 Å². The van der Waals surface area contributed by atoms with Crippen molar-refractivity contribution in [2.24, 2.45) is 17.3 Å². The van der Waals surface area contributed by atoms with Gasteiger partial charge in [0.1, 0.15) is 16.9 Å². The first-order chi connectivity index (χ1) is 16.4. The van der Waals surface area contributed by atoms with E-state index in [4.69, 9.17) is 9.47 Å². The largest absolute Gasteiger partial charge is 0.458 e. The van der Waals surface area contributed by atoms with Crippen LogP contribution in [0.5, 0.6) is 0 Å². The van der Waals surface area contributed by atoms with Crippen molar-refractivity contribution in [2.75, 3.05) is 0 Å². The molecule has 0 radical (unpaired) electrons. The number of aliphatic hydroxyl groups is 3. The van der Waals surface area contributed by atoms with Gasteiger partial charge in [-0.2, -0.15) is 0 Å². The summed E-state index contributed by atoms with van der Waals surface area (Å²) in [5, 5.41) is 33.3. The van der Waals surface area contributed by atoms with Gasteiger partial charge in [0.25, 0.3) is 0 Å². The number of carbonyl (C=O) groups excluding carboxylic acids is 2. The van der Waals surface area contributed by atoms with Crippen LogP contribution in [0.2, 0.25) is 0 Å². The average Bonchev–Trinajstić information content (AvgIpc) is 3.38. The quantitative estimate of drug-likeness (QED) is 0.418. The molecule has 0 saturated carbocycles. The van der Waals surface area contributed by atoms with Gasteiger partial charge in [0, 0.05) is 17.7 Å². The van der Waals surface area contributed by atoms with Crippen molar-refractivity contribution in [3.8, 4) is 0 Å². The highest BCUT2D eigenvalue weighted by atomic mass is 32.1. The number of aromatic nitrogens is 1. The Hall–Kier alpha value is -1.65. The predicted molar refractivity (Wildman–Crippen MR) is 132 cm³/mol. The van der Waals surface area contributed by atoms with Gasteiger partial charge in [0.05, 0.1) is 48.6 Å². The van der Waals surface area contributed by atoms with Crippen LogP contribution in [-0.2, 0) is 25.7 Å². The van der Waals surface area contributed by atoms with E-state index in [1.54, 1.807) is 20.8 Å². The maximum Gasteiger partial charge on any atom is 0.309 e. The molecule has 0 aliphatic carbocycles. The zero-order valence-corrected chi connectivity index (χ0v) is 22.1. The molecule has 0 amide bonds. The summed E-state index contributed by atoms with van der Waals surface area (Å²) >= 11 is 1.35. The normalized spacial score (nSPS) is 35.3. The second-order valence-corrected chi connectivity index (χ2v) is 11.6. The van der Waals surface area contributed by atoms with E-state index in [2.05, 4.69) is 4.98 Å². The van der Waals surface area contributed by atoms with Crippen LogP contribution in [-0.4, -0.2) is 62.6 Å². The highest BCUT2D eigenvalue weighted by Gasteiger charge is 2.44. The third-order valence-electron chi connectivity index (χ3n) is 7.48. The Morgan fingerprint density at radius 1 is 1.23 bits per heavy atom. The van der Waals surface area contributed by atoms with Crippen LogP contribution in [0, 0.1) is 17.3 Å². The van der Waals surface area contributed by atoms with Crippen LogP contribution in [0.15, 0.2) is 11.0 Å². The number of hydrogen-bond donors (Lipinski definition) is 3. The molecule has 3 heterocycles. The van der Waals surface area contributed by atoms with E-state index in [-0.39, 0.29) is 36.9 Å². The smallest absolute Gasteiger partial charge is 0.309 e. The van der Waals surface area contributed by atoms with Crippen molar-refractivity contribution in [1.82, 2.24) is 4.98 Å². The second-order valence-electron chi connectivity index (χ2n) is 10.6. The fourth-order valence-corrected chi connectivity index (χ4v) is 5.41. The number of thiazole rings is 1. The van der Waals surface area contributed by atoms with Gasteiger partial charge < -0.3 is 24.8 Å². The second kappa shape index (κ2) is 11.6. The van der Waals surface area contributed by atoms with Gasteiger partial charge in [-0.25, -0.2) is 4.98 Å². The molecule has 196 valence electrons. The molecule has 7 atom stereocenters. The molecule has 2 aliphatic heterocycles. The first-order valence-corrected chi connectivity index (χ1v) is 13.3. The lowest BCUT2D eigenvalue weighted by Crippen LogP contribution is -2.45. The molecule has 9 heteroatoms. The Morgan fingerprint density at radius 3 is 2.60 bits per heavy atom. The Morgan fingerprint density at radius 2 is 1.94 bits per heavy atom. The minimum absolute atomic E-state index is 0.0328. The van der Waals surface area contributed by atoms with Crippen molar-refractivity contribution < 1.29 is 34.4 Å². The van der Waals surface area contributed by atoms with Gasteiger partial charge in [-0.15, -0.1) is 11.3 Å². The van der Waals surface area contributed by atoms with Crippen LogP contribution < -0.4 is 0 Å². The van der Waals surface area contributed by atoms with E-state index < -0.39 is 35.6 Å². The summed E-state index contributed by atoms with van der Waals surface area (Å²) < 4.78 is 11.7. The molecule has 2 aliphatic rings. The molecular formula is C26H39NO7S. The summed E-state index contributed by atoms with van der Waals surface area (Å²) in [5.41, 5.74) is 0.253. The SMILES string of the molecule is CC(=Cc1csc(CO)n1)[C@@H]1C[C@@H]2O[C@@H]2CCCC(C)[C@H](O)C(C)C(=O)C(C)(C)C(O)CC(=O)O1. The first-order valence-electron chi connectivity index (χ1n) is 12.4. The van der Waals surface area contributed by atoms with Crippen molar-refractivity contribution in [3.63, 3.8) is 0 Å². The minimum atomic E-state index is -1.25. The molecule has 0 aromatic carbocycles. The molecule has 8 nitrogen and oxygen atoms in total. The predicted octanol–water partition coefficient (Wildman–Crippen LogP) is 3.27. The number of rotatable bonds is 3. The number of esters is 1. The van der Waals surface area contributed by atoms with Crippen LogP contribution in [0.1, 0.15) is 77.4 Å². The van der Waals surface area contributed by atoms with Crippen LogP contribution in [0.4, 0.5) is 0 Å². The Kier molecular flexibility index (Phi) is 9.26. The standard InChI is InChI=1S/C26H39NO7S/c1-14-7-6-8-18-20(33-18)10-19(15(2)9-17-13-35-22(12-28)27-17)34-23(30)11-21(29)26(4,5)25(32)16(3)24(14)31/h9,13-14,16,18-21,24,28-29,31H,6-8,10-12H2,1-5H3/t14?,16?,18-,19+,20+,21?,24+/m1/s1. The van der Waals surface area contributed by atoms with Gasteiger partial charge in [0.15, 0.2) is 0 Å². The van der Waals surface area contributed by atoms with Crippen molar-refractivity contribution in [1.29, 1.82) is 0 Å². The van der Waals surface area contributed by atoms with Gasteiger partial charge in [-0.05, 0) is 37.3 Å². The number of epoxide rings is 1. The molecule has 3 rings (SSSR count). The topological polar surface area (TPSA) is 129 Å². The van der Waals surface area contributed by atoms with E-state index in [1.165, 1.54) is 11.3 Å². The summed E-state index contributed by atoms with van der Waals surface area (Å²) in [6.45, 7) is 8.57. The summed E-state index contributed by atoms with van der Waals surface area (Å²) in [6, 6.07) is 0. The van der Waals surface area contributed by atoms with Crippen molar-refractivity contribution in [3.05, 3.63) is 21.7 Å². The Labute approximate surface area is 211 Å². The lowest BCUT2D eigenvalue weighted by molar-refractivity contribution is -0.154.